The van der Waals surface area contributed by atoms with E-state index < -0.39 is 27.2 Å². The smallest absolute Gasteiger partial charge is 0.287 e. The van der Waals surface area contributed by atoms with Crippen molar-refractivity contribution < 1.29 is 17.6 Å². The van der Waals surface area contributed by atoms with Gasteiger partial charge in [0.15, 0.2) is 15.6 Å². The standard InChI is InChI=1S/C10H12ClNO4S/c1-6-2-3-9(16-6)10(13)12-8-5-17(14,15)4-7(8)11/h2-3,7-8H,4-5H2,1H3,(H,12,13). The second kappa shape index (κ2) is 4.34. The van der Waals surface area contributed by atoms with E-state index in [1.807, 2.05) is 0 Å². The molecule has 17 heavy (non-hydrogen) atoms. The molecule has 7 heteroatoms. The van der Waals surface area contributed by atoms with E-state index >= 15 is 0 Å². The number of rotatable bonds is 2. The molecule has 0 bridgehead atoms. The molecule has 1 aliphatic rings. The highest BCUT2D eigenvalue weighted by atomic mass is 35.5. The van der Waals surface area contributed by atoms with Gasteiger partial charge in [-0.2, -0.15) is 0 Å². The number of aryl methyl sites for hydroxylation is 1. The Hall–Kier alpha value is -1.01. The lowest BCUT2D eigenvalue weighted by molar-refractivity contribution is 0.0912. The van der Waals surface area contributed by atoms with E-state index in [0.29, 0.717) is 5.76 Å². The van der Waals surface area contributed by atoms with Crippen molar-refractivity contribution in [1.82, 2.24) is 5.32 Å². The van der Waals surface area contributed by atoms with Gasteiger partial charge in [-0.3, -0.25) is 4.79 Å². The van der Waals surface area contributed by atoms with Crippen molar-refractivity contribution in [3.8, 4) is 0 Å². The Morgan fingerprint density at radius 3 is 2.65 bits per heavy atom. The van der Waals surface area contributed by atoms with Crippen LogP contribution in [-0.4, -0.2) is 37.2 Å². The molecule has 2 unspecified atom stereocenters. The fraction of sp³-hybridized carbons (Fsp3) is 0.500. The number of hydrogen-bond acceptors (Lipinski definition) is 4. The van der Waals surface area contributed by atoms with E-state index in [4.69, 9.17) is 16.0 Å². The zero-order valence-corrected chi connectivity index (χ0v) is 10.7. The molecule has 5 nitrogen and oxygen atoms in total. The van der Waals surface area contributed by atoms with Crippen molar-refractivity contribution >= 4 is 27.3 Å². The van der Waals surface area contributed by atoms with Crippen molar-refractivity contribution in [1.29, 1.82) is 0 Å². The minimum absolute atomic E-state index is 0.101. The highest BCUT2D eigenvalue weighted by Crippen LogP contribution is 2.18. The Balaban J connectivity index is 2.05. The molecule has 1 amide bonds. The normalized spacial score (nSPS) is 26.9. The van der Waals surface area contributed by atoms with E-state index in [-0.39, 0.29) is 17.3 Å². The molecule has 1 saturated heterocycles. The molecule has 1 fully saturated rings. The number of alkyl halides is 1. The molecule has 2 heterocycles. The zero-order valence-electron chi connectivity index (χ0n) is 9.14. The lowest BCUT2D eigenvalue weighted by Crippen LogP contribution is -2.40. The lowest BCUT2D eigenvalue weighted by atomic mass is 10.2. The molecule has 2 atom stereocenters. The fourth-order valence-electron chi connectivity index (χ4n) is 1.73. The third kappa shape index (κ3) is 2.81. The average molecular weight is 278 g/mol. The van der Waals surface area contributed by atoms with Crippen LogP contribution in [0.4, 0.5) is 0 Å². The molecule has 0 radical (unpaired) electrons. The molecule has 0 aliphatic carbocycles. The van der Waals surface area contributed by atoms with Crippen LogP contribution in [0, 0.1) is 6.92 Å². The molecule has 2 rings (SSSR count). The minimum Gasteiger partial charge on any atom is -0.456 e. The quantitative estimate of drug-likeness (QED) is 0.808. The summed E-state index contributed by atoms with van der Waals surface area (Å²) in [7, 11) is -3.14. The van der Waals surface area contributed by atoms with Gasteiger partial charge in [0, 0.05) is 0 Å². The molecule has 0 saturated carbocycles. The van der Waals surface area contributed by atoms with E-state index in [1.165, 1.54) is 6.07 Å². The number of hydrogen-bond donors (Lipinski definition) is 1. The highest BCUT2D eigenvalue weighted by Gasteiger charge is 2.37. The first kappa shape index (κ1) is 12.4. The number of carbonyl (C=O) groups is 1. The maximum atomic E-state index is 11.7. The van der Waals surface area contributed by atoms with Crippen molar-refractivity contribution in [3.05, 3.63) is 23.7 Å². The summed E-state index contributed by atoms with van der Waals surface area (Å²) in [5.41, 5.74) is 0. The first-order valence-electron chi connectivity index (χ1n) is 5.09. The summed E-state index contributed by atoms with van der Waals surface area (Å²) >= 11 is 5.87. The third-order valence-corrected chi connectivity index (χ3v) is 4.94. The Morgan fingerprint density at radius 1 is 1.47 bits per heavy atom. The van der Waals surface area contributed by atoms with Gasteiger partial charge in [-0.25, -0.2) is 8.42 Å². The van der Waals surface area contributed by atoms with Crippen molar-refractivity contribution in [3.63, 3.8) is 0 Å². The Bertz CT molecular complexity index is 536. The first-order chi connectivity index (χ1) is 7.87. The van der Waals surface area contributed by atoms with Crippen LogP contribution in [0.2, 0.25) is 0 Å². The van der Waals surface area contributed by atoms with E-state index in [1.54, 1.807) is 13.0 Å². The van der Waals surface area contributed by atoms with Gasteiger partial charge in [-0.05, 0) is 19.1 Å². The topological polar surface area (TPSA) is 76.4 Å². The van der Waals surface area contributed by atoms with Gasteiger partial charge in [0.05, 0.1) is 22.9 Å². The van der Waals surface area contributed by atoms with Crippen molar-refractivity contribution in [2.24, 2.45) is 0 Å². The predicted octanol–water partition coefficient (Wildman–Crippen LogP) is 0.722. The number of carbonyl (C=O) groups excluding carboxylic acids is 1. The molecule has 0 spiro atoms. The molecule has 1 aliphatic heterocycles. The number of nitrogens with one attached hydrogen (secondary N) is 1. The largest absolute Gasteiger partial charge is 0.456 e. The van der Waals surface area contributed by atoms with E-state index in [2.05, 4.69) is 5.32 Å². The highest BCUT2D eigenvalue weighted by molar-refractivity contribution is 7.91. The fourth-order valence-corrected chi connectivity index (χ4v) is 4.28. The number of amides is 1. The van der Waals surface area contributed by atoms with Crippen LogP contribution in [0.5, 0.6) is 0 Å². The summed E-state index contributed by atoms with van der Waals surface area (Å²) in [6, 6.07) is 2.65. The Kier molecular flexibility index (Phi) is 3.18. The van der Waals surface area contributed by atoms with Crippen molar-refractivity contribution in [2.75, 3.05) is 11.5 Å². The summed E-state index contributed by atoms with van der Waals surface area (Å²) < 4.78 is 27.8. The zero-order chi connectivity index (χ0) is 12.6. The van der Waals surface area contributed by atoms with Gasteiger partial charge >= 0.3 is 0 Å². The first-order valence-corrected chi connectivity index (χ1v) is 7.35. The Morgan fingerprint density at radius 2 is 2.18 bits per heavy atom. The van der Waals surface area contributed by atoms with Gasteiger partial charge < -0.3 is 9.73 Å². The summed E-state index contributed by atoms with van der Waals surface area (Å²) in [6.45, 7) is 1.72. The van der Waals surface area contributed by atoms with Gasteiger partial charge in [-0.15, -0.1) is 11.6 Å². The van der Waals surface area contributed by atoms with Crippen molar-refractivity contribution in [2.45, 2.75) is 18.3 Å². The van der Waals surface area contributed by atoms with Crippen LogP contribution in [-0.2, 0) is 9.84 Å². The SMILES string of the molecule is Cc1ccc(C(=O)NC2CS(=O)(=O)CC2Cl)o1. The maximum absolute atomic E-state index is 11.7. The van der Waals surface area contributed by atoms with Crippen LogP contribution in [0.15, 0.2) is 16.5 Å². The average Bonchev–Trinajstić information content (AvgIpc) is 2.71. The van der Waals surface area contributed by atoms with Gasteiger partial charge in [0.25, 0.3) is 5.91 Å². The van der Waals surface area contributed by atoms with Gasteiger partial charge in [0.2, 0.25) is 0 Å². The second-order valence-corrected chi connectivity index (χ2v) is 6.80. The predicted molar refractivity (Wildman–Crippen MR) is 63.0 cm³/mol. The summed E-state index contributed by atoms with van der Waals surface area (Å²) in [5.74, 6) is 0.127. The Labute approximate surface area is 104 Å². The van der Waals surface area contributed by atoms with Crippen LogP contribution >= 0.6 is 11.6 Å². The van der Waals surface area contributed by atoms with E-state index in [0.717, 1.165) is 0 Å². The van der Waals surface area contributed by atoms with Gasteiger partial charge in [-0.1, -0.05) is 0 Å². The summed E-state index contributed by atoms with van der Waals surface area (Å²) in [5, 5.41) is 1.99. The summed E-state index contributed by atoms with van der Waals surface area (Å²) in [4.78, 5) is 11.7. The molecule has 1 aromatic heterocycles. The van der Waals surface area contributed by atoms with Crippen LogP contribution in [0.25, 0.3) is 0 Å². The molecular weight excluding hydrogens is 266 g/mol. The van der Waals surface area contributed by atoms with Crippen LogP contribution in [0.1, 0.15) is 16.3 Å². The number of halogens is 1. The van der Waals surface area contributed by atoms with E-state index in [9.17, 15) is 13.2 Å². The monoisotopic (exact) mass is 277 g/mol. The number of sulfone groups is 1. The van der Waals surface area contributed by atoms with Gasteiger partial charge in [0.1, 0.15) is 5.76 Å². The minimum atomic E-state index is -3.14. The number of furan rings is 1. The molecule has 1 N–H and O–H groups in total. The van der Waals surface area contributed by atoms with Crippen LogP contribution < -0.4 is 5.32 Å². The maximum Gasteiger partial charge on any atom is 0.287 e. The molecular formula is C10H12ClNO4S. The molecule has 1 aromatic rings. The molecule has 94 valence electrons. The lowest BCUT2D eigenvalue weighted by Gasteiger charge is -2.12. The third-order valence-electron chi connectivity index (χ3n) is 2.56. The molecule has 0 aromatic carbocycles. The summed E-state index contributed by atoms with van der Waals surface area (Å²) in [6.07, 6.45) is 0. The second-order valence-electron chi connectivity index (χ2n) is 4.08. The van der Waals surface area contributed by atoms with Crippen LogP contribution in [0.3, 0.4) is 0 Å².